The standard InChI is InChI=1S/C14H11ClFNO2/c1-9(19-13-6-11(15)7-17-8-13)14(18)10-2-4-12(16)5-3-10/h2-9H,1H3. The number of ketones is 1. The third-order valence-electron chi connectivity index (χ3n) is 2.49. The van der Waals surface area contributed by atoms with Gasteiger partial charge in [0.05, 0.1) is 11.2 Å². The van der Waals surface area contributed by atoms with Crippen LogP contribution in [0.5, 0.6) is 5.75 Å². The average molecular weight is 280 g/mol. The smallest absolute Gasteiger partial charge is 0.202 e. The van der Waals surface area contributed by atoms with Gasteiger partial charge < -0.3 is 4.74 Å². The first-order chi connectivity index (χ1) is 9.06. The number of hydrogen-bond acceptors (Lipinski definition) is 3. The first kappa shape index (κ1) is 13.5. The number of benzene rings is 1. The second-order valence-corrected chi connectivity index (χ2v) is 4.41. The van der Waals surface area contributed by atoms with Crippen molar-refractivity contribution in [1.29, 1.82) is 0 Å². The lowest BCUT2D eigenvalue weighted by Crippen LogP contribution is -2.23. The predicted octanol–water partition coefficient (Wildman–Crippen LogP) is 3.52. The van der Waals surface area contributed by atoms with Crippen molar-refractivity contribution in [2.45, 2.75) is 13.0 Å². The van der Waals surface area contributed by atoms with Gasteiger partial charge in [0.15, 0.2) is 6.10 Å². The number of carbonyl (C=O) groups excluding carboxylic acids is 1. The van der Waals surface area contributed by atoms with E-state index in [9.17, 15) is 9.18 Å². The number of nitrogens with zero attached hydrogens (tertiary/aromatic N) is 1. The van der Waals surface area contributed by atoms with Crippen LogP contribution in [0.15, 0.2) is 42.7 Å². The van der Waals surface area contributed by atoms with Crippen LogP contribution in [-0.4, -0.2) is 16.9 Å². The molecule has 0 fully saturated rings. The SMILES string of the molecule is CC(Oc1cncc(Cl)c1)C(=O)c1ccc(F)cc1. The number of hydrogen-bond donors (Lipinski definition) is 0. The van der Waals surface area contributed by atoms with E-state index < -0.39 is 6.10 Å². The van der Waals surface area contributed by atoms with Crippen LogP contribution in [0.3, 0.4) is 0 Å². The van der Waals surface area contributed by atoms with Crippen LogP contribution in [0.25, 0.3) is 0 Å². The molecule has 2 rings (SSSR count). The summed E-state index contributed by atoms with van der Waals surface area (Å²) in [7, 11) is 0. The average Bonchev–Trinajstić information content (AvgIpc) is 2.39. The molecule has 0 N–H and O–H groups in total. The Morgan fingerprint density at radius 1 is 1.32 bits per heavy atom. The van der Waals surface area contributed by atoms with Crippen molar-refractivity contribution in [3.05, 3.63) is 59.1 Å². The van der Waals surface area contributed by atoms with Crippen LogP contribution >= 0.6 is 11.6 Å². The molecule has 0 radical (unpaired) electrons. The van der Waals surface area contributed by atoms with Crippen LogP contribution in [-0.2, 0) is 0 Å². The number of ether oxygens (including phenoxy) is 1. The van der Waals surface area contributed by atoms with E-state index in [1.807, 2.05) is 0 Å². The van der Waals surface area contributed by atoms with Gasteiger partial charge in [0, 0.05) is 17.8 Å². The monoisotopic (exact) mass is 279 g/mol. The molecule has 1 unspecified atom stereocenters. The Morgan fingerprint density at radius 2 is 2.00 bits per heavy atom. The summed E-state index contributed by atoms with van der Waals surface area (Å²) >= 11 is 5.77. The van der Waals surface area contributed by atoms with Crippen molar-refractivity contribution in [3.8, 4) is 5.75 Å². The van der Waals surface area contributed by atoms with Crippen LogP contribution in [0.1, 0.15) is 17.3 Å². The molecule has 0 spiro atoms. The summed E-state index contributed by atoms with van der Waals surface area (Å²) in [6, 6.07) is 6.90. The molecule has 2 aromatic rings. The largest absolute Gasteiger partial charge is 0.481 e. The summed E-state index contributed by atoms with van der Waals surface area (Å²) in [4.78, 5) is 15.9. The number of carbonyl (C=O) groups is 1. The lowest BCUT2D eigenvalue weighted by atomic mass is 10.1. The zero-order valence-corrected chi connectivity index (χ0v) is 10.9. The lowest BCUT2D eigenvalue weighted by molar-refractivity contribution is 0.0817. The predicted molar refractivity (Wildman–Crippen MR) is 70.1 cm³/mol. The molecule has 1 aromatic heterocycles. The topological polar surface area (TPSA) is 39.2 Å². The molecule has 5 heteroatoms. The Labute approximate surface area is 115 Å². The quantitative estimate of drug-likeness (QED) is 0.804. The number of rotatable bonds is 4. The first-order valence-corrected chi connectivity index (χ1v) is 6.01. The molecule has 0 saturated heterocycles. The molecule has 3 nitrogen and oxygen atoms in total. The molecule has 1 aromatic carbocycles. The molecular formula is C14H11ClFNO2. The number of Topliss-reactive ketones (excluding diaryl/α,β-unsaturated/α-hetero) is 1. The van der Waals surface area contributed by atoms with Gasteiger partial charge in [-0.3, -0.25) is 9.78 Å². The van der Waals surface area contributed by atoms with Crippen molar-refractivity contribution in [2.75, 3.05) is 0 Å². The van der Waals surface area contributed by atoms with E-state index >= 15 is 0 Å². The van der Waals surface area contributed by atoms with Crippen molar-refractivity contribution in [3.63, 3.8) is 0 Å². The van der Waals surface area contributed by atoms with E-state index in [0.29, 0.717) is 16.3 Å². The van der Waals surface area contributed by atoms with Gasteiger partial charge in [0.2, 0.25) is 5.78 Å². The highest BCUT2D eigenvalue weighted by molar-refractivity contribution is 6.30. The van der Waals surface area contributed by atoms with Crippen LogP contribution in [0, 0.1) is 5.82 Å². The van der Waals surface area contributed by atoms with Gasteiger partial charge in [-0.25, -0.2) is 4.39 Å². The molecule has 0 bridgehead atoms. The van der Waals surface area contributed by atoms with Crippen molar-refractivity contribution < 1.29 is 13.9 Å². The lowest BCUT2D eigenvalue weighted by Gasteiger charge is -2.13. The highest BCUT2D eigenvalue weighted by atomic mass is 35.5. The van der Waals surface area contributed by atoms with E-state index in [1.54, 1.807) is 13.0 Å². The Bertz CT molecular complexity index is 586. The fourth-order valence-corrected chi connectivity index (χ4v) is 1.73. The molecule has 0 aliphatic heterocycles. The van der Waals surface area contributed by atoms with E-state index in [1.165, 1.54) is 36.7 Å². The molecule has 0 amide bonds. The maximum Gasteiger partial charge on any atom is 0.202 e. The Balaban J connectivity index is 2.09. The van der Waals surface area contributed by atoms with Crippen molar-refractivity contribution in [2.24, 2.45) is 0 Å². The summed E-state index contributed by atoms with van der Waals surface area (Å²) in [5, 5.41) is 0.430. The van der Waals surface area contributed by atoms with Crippen LogP contribution in [0.4, 0.5) is 4.39 Å². The molecule has 0 aliphatic rings. The van der Waals surface area contributed by atoms with Gasteiger partial charge in [-0.15, -0.1) is 0 Å². The van der Waals surface area contributed by atoms with E-state index in [-0.39, 0.29) is 11.6 Å². The molecule has 0 aliphatic carbocycles. The van der Waals surface area contributed by atoms with Crippen LogP contribution < -0.4 is 4.74 Å². The van der Waals surface area contributed by atoms with Gasteiger partial charge >= 0.3 is 0 Å². The minimum absolute atomic E-state index is 0.236. The Morgan fingerprint density at radius 3 is 2.63 bits per heavy atom. The van der Waals surface area contributed by atoms with Gasteiger partial charge in [-0.2, -0.15) is 0 Å². The van der Waals surface area contributed by atoms with E-state index in [0.717, 1.165) is 0 Å². The van der Waals surface area contributed by atoms with Gasteiger partial charge in [-0.05, 0) is 31.2 Å². The summed E-state index contributed by atoms with van der Waals surface area (Å²) in [5.74, 6) is -0.209. The summed E-state index contributed by atoms with van der Waals surface area (Å²) in [6.45, 7) is 1.62. The normalized spacial score (nSPS) is 11.9. The van der Waals surface area contributed by atoms with Crippen molar-refractivity contribution in [1.82, 2.24) is 4.98 Å². The minimum Gasteiger partial charge on any atom is -0.481 e. The summed E-state index contributed by atoms with van der Waals surface area (Å²) in [5.41, 5.74) is 0.392. The van der Waals surface area contributed by atoms with E-state index in [2.05, 4.69) is 4.98 Å². The molecule has 98 valence electrons. The zero-order valence-electron chi connectivity index (χ0n) is 10.1. The van der Waals surface area contributed by atoms with Gasteiger partial charge in [0.1, 0.15) is 11.6 Å². The third-order valence-corrected chi connectivity index (χ3v) is 2.70. The number of halogens is 2. The first-order valence-electron chi connectivity index (χ1n) is 5.63. The second-order valence-electron chi connectivity index (χ2n) is 3.97. The molecule has 0 saturated carbocycles. The minimum atomic E-state index is -0.703. The number of pyridine rings is 1. The maximum absolute atomic E-state index is 12.8. The number of aromatic nitrogens is 1. The molecule has 1 heterocycles. The second kappa shape index (κ2) is 5.80. The molecular weight excluding hydrogens is 269 g/mol. The molecule has 1 atom stereocenters. The molecule has 19 heavy (non-hydrogen) atoms. The summed E-state index contributed by atoms with van der Waals surface area (Å²) < 4.78 is 18.2. The van der Waals surface area contributed by atoms with E-state index in [4.69, 9.17) is 16.3 Å². The third kappa shape index (κ3) is 3.51. The maximum atomic E-state index is 12.8. The van der Waals surface area contributed by atoms with Crippen LogP contribution in [0.2, 0.25) is 5.02 Å². The Kier molecular flexibility index (Phi) is 4.12. The highest BCUT2D eigenvalue weighted by Gasteiger charge is 2.17. The van der Waals surface area contributed by atoms with Gasteiger partial charge in [-0.1, -0.05) is 11.6 Å². The summed E-state index contributed by atoms with van der Waals surface area (Å²) in [6.07, 6.45) is 2.24. The van der Waals surface area contributed by atoms with Gasteiger partial charge in [0.25, 0.3) is 0 Å². The fraction of sp³-hybridized carbons (Fsp3) is 0.143. The Hall–Kier alpha value is -1.94. The zero-order chi connectivity index (χ0) is 13.8. The van der Waals surface area contributed by atoms with Crippen molar-refractivity contribution >= 4 is 17.4 Å². The highest BCUT2D eigenvalue weighted by Crippen LogP contribution is 2.18. The fourth-order valence-electron chi connectivity index (χ4n) is 1.56.